The lowest BCUT2D eigenvalue weighted by molar-refractivity contribution is 0.122. The van der Waals surface area contributed by atoms with Gasteiger partial charge in [0.1, 0.15) is 11.3 Å². The van der Waals surface area contributed by atoms with Crippen LogP contribution in [0, 0.1) is 6.92 Å². The van der Waals surface area contributed by atoms with Crippen LogP contribution in [0.1, 0.15) is 11.4 Å². The maximum Gasteiger partial charge on any atom is 0.229 e. The van der Waals surface area contributed by atoms with Gasteiger partial charge in [0.05, 0.1) is 30.7 Å². The van der Waals surface area contributed by atoms with Gasteiger partial charge in [-0.3, -0.25) is 4.72 Å². The number of anilines is 2. The Morgan fingerprint density at radius 2 is 1.81 bits per heavy atom. The van der Waals surface area contributed by atoms with Crippen LogP contribution in [0.4, 0.5) is 11.4 Å². The maximum absolute atomic E-state index is 12.1. The predicted molar refractivity (Wildman–Crippen MR) is 129 cm³/mol. The van der Waals surface area contributed by atoms with E-state index in [1.807, 2.05) is 19.1 Å². The van der Waals surface area contributed by atoms with Crippen LogP contribution in [-0.2, 0) is 21.3 Å². The summed E-state index contributed by atoms with van der Waals surface area (Å²) in [5.74, 6) is 0.837. The molecule has 4 aromatic rings. The molecule has 32 heavy (non-hydrogen) atoms. The topological polar surface area (TPSA) is 76.5 Å². The number of benzene rings is 3. The van der Waals surface area contributed by atoms with Gasteiger partial charge in [0.2, 0.25) is 10.0 Å². The molecule has 3 aromatic carbocycles. The molecule has 7 nitrogen and oxygen atoms in total. The lowest BCUT2D eigenvalue weighted by Crippen LogP contribution is -2.36. The first-order chi connectivity index (χ1) is 15.4. The van der Waals surface area contributed by atoms with Gasteiger partial charge < -0.3 is 14.2 Å². The summed E-state index contributed by atoms with van der Waals surface area (Å²) in [6.45, 7) is 5.45. The van der Waals surface area contributed by atoms with E-state index in [2.05, 4.69) is 56.7 Å². The third kappa shape index (κ3) is 4.03. The number of nitrogens with zero attached hydrogens (tertiary/aromatic N) is 3. The summed E-state index contributed by atoms with van der Waals surface area (Å²) >= 11 is 0. The highest BCUT2D eigenvalue weighted by atomic mass is 32.2. The van der Waals surface area contributed by atoms with Crippen LogP contribution in [0.3, 0.4) is 0 Å². The van der Waals surface area contributed by atoms with E-state index in [1.54, 1.807) is 0 Å². The molecule has 0 bridgehead atoms. The minimum atomic E-state index is -3.45. The van der Waals surface area contributed by atoms with Crippen molar-refractivity contribution in [3.8, 4) is 0 Å². The van der Waals surface area contributed by atoms with Gasteiger partial charge in [-0.25, -0.2) is 13.4 Å². The Labute approximate surface area is 187 Å². The molecule has 0 unspecified atom stereocenters. The van der Waals surface area contributed by atoms with Crippen molar-refractivity contribution in [2.24, 2.45) is 0 Å². The summed E-state index contributed by atoms with van der Waals surface area (Å²) in [5.41, 5.74) is 4.23. The molecule has 0 radical (unpaired) electrons. The second-order valence-corrected chi connectivity index (χ2v) is 9.97. The van der Waals surface area contributed by atoms with Crippen LogP contribution >= 0.6 is 0 Å². The number of ether oxygens (including phenoxy) is 1. The minimum absolute atomic E-state index is 0.506. The molecule has 1 N–H and O–H groups in total. The van der Waals surface area contributed by atoms with Gasteiger partial charge in [-0.05, 0) is 35.4 Å². The van der Waals surface area contributed by atoms with Gasteiger partial charge >= 0.3 is 0 Å². The molecule has 1 aromatic heterocycles. The van der Waals surface area contributed by atoms with Crippen LogP contribution in [0.15, 0.2) is 54.6 Å². The normalized spacial score (nSPS) is 14.9. The Hall–Kier alpha value is -3.10. The number of hydrogen-bond acceptors (Lipinski definition) is 5. The average molecular weight is 451 g/mol. The number of fused-ring (bicyclic) bond motifs is 2. The molecule has 166 valence electrons. The summed E-state index contributed by atoms with van der Waals surface area (Å²) in [5, 5.41) is 2.40. The number of aromatic nitrogens is 2. The van der Waals surface area contributed by atoms with Crippen molar-refractivity contribution in [1.82, 2.24) is 9.55 Å². The molecule has 5 rings (SSSR count). The van der Waals surface area contributed by atoms with Crippen LogP contribution < -0.4 is 9.62 Å². The fraction of sp³-hybridized carbons (Fsp3) is 0.292. The highest BCUT2D eigenvalue weighted by Crippen LogP contribution is 2.32. The first-order valence-electron chi connectivity index (χ1n) is 10.7. The smallest absolute Gasteiger partial charge is 0.229 e. The van der Waals surface area contributed by atoms with E-state index >= 15 is 0 Å². The number of imidazole rings is 1. The minimum Gasteiger partial charge on any atom is -0.378 e. The molecule has 0 spiro atoms. The molecule has 1 aliphatic rings. The fourth-order valence-corrected chi connectivity index (χ4v) is 4.96. The first-order valence-corrected chi connectivity index (χ1v) is 12.6. The Morgan fingerprint density at radius 3 is 2.59 bits per heavy atom. The van der Waals surface area contributed by atoms with Crippen molar-refractivity contribution >= 4 is 43.2 Å². The number of rotatable bonds is 5. The van der Waals surface area contributed by atoms with Gasteiger partial charge in [0, 0.05) is 25.3 Å². The van der Waals surface area contributed by atoms with Gasteiger partial charge in [0.25, 0.3) is 0 Å². The van der Waals surface area contributed by atoms with E-state index in [0.29, 0.717) is 31.0 Å². The largest absolute Gasteiger partial charge is 0.378 e. The van der Waals surface area contributed by atoms with E-state index < -0.39 is 10.0 Å². The summed E-state index contributed by atoms with van der Waals surface area (Å²) < 4.78 is 34.5. The molecule has 0 aliphatic carbocycles. The van der Waals surface area contributed by atoms with Crippen molar-refractivity contribution in [2.75, 3.05) is 42.2 Å². The van der Waals surface area contributed by atoms with Gasteiger partial charge in [-0.1, -0.05) is 42.5 Å². The lowest BCUT2D eigenvalue weighted by atomic mass is 10.0. The van der Waals surface area contributed by atoms with Crippen LogP contribution in [0.2, 0.25) is 0 Å². The maximum atomic E-state index is 12.1. The lowest BCUT2D eigenvalue weighted by Gasteiger charge is -2.29. The van der Waals surface area contributed by atoms with Crippen molar-refractivity contribution in [3.05, 3.63) is 66.0 Å². The fourth-order valence-electron chi connectivity index (χ4n) is 4.41. The zero-order valence-electron chi connectivity index (χ0n) is 18.2. The second kappa shape index (κ2) is 8.11. The van der Waals surface area contributed by atoms with Gasteiger partial charge in [0.15, 0.2) is 0 Å². The predicted octanol–water partition coefficient (Wildman–Crippen LogP) is 3.75. The number of morpholine rings is 1. The summed E-state index contributed by atoms with van der Waals surface area (Å²) in [7, 11) is -3.45. The third-order valence-corrected chi connectivity index (χ3v) is 6.50. The van der Waals surface area contributed by atoms with Crippen molar-refractivity contribution in [2.45, 2.75) is 13.5 Å². The molecule has 0 atom stereocenters. The van der Waals surface area contributed by atoms with Crippen LogP contribution in [0.5, 0.6) is 0 Å². The van der Waals surface area contributed by atoms with E-state index in [4.69, 9.17) is 9.72 Å². The summed E-state index contributed by atoms with van der Waals surface area (Å²) in [4.78, 5) is 6.98. The van der Waals surface area contributed by atoms with Crippen molar-refractivity contribution in [3.63, 3.8) is 0 Å². The van der Waals surface area contributed by atoms with Crippen LogP contribution in [-0.4, -0.2) is 50.5 Å². The molecule has 0 amide bonds. The zero-order chi connectivity index (χ0) is 22.3. The molecule has 0 saturated carbocycles. The standard InChI is InChI=1S/C24H26N4O3S/c1-17-25-24-22(26-32(2,29)30)14-20(27-10-12-31-13-11-27)15-23(24)28(17)16-19-8-5-7-18-6-3-4-9-21(18)19/h3-9,14-15,26H,10-13,16H2,1-2H3. The number of sulfonamides is 1. The van der Waals surface area contributed by atoms with Crippen molar-refractivity contribution in [1.29, 1.82) is 0 Å². The van der Waals surface area contributed by atoms with Crippen molar-refractivity contribution < 1.29 is 13.2 Å². The number of nitrogens with one attached hydrogen (secondary N) is 1. The average Bonchev–Trinajstić information content (AvgIpc) is 3.09. The highest BCUT2D eigenvalue weighted by Gasteiger charge is 2.19. The monoisotopic (exact) mass is 450 g/mol. The zero-order valence-corrected chi connectivity index (χ0v) is 19.0. The SMILES string of the molecule is Cc1nc2c(NS(C)(=O)=O)cc(N3CCOCC3)cc2n1Cc1cccc2ccccc12. The van der Waals surface area contributed by atoms with E-state index in [0.717, 1.165) is 30.1 Å². The van der Waals surface area contributed by atoms with E-state index in [9.17, 15) is 8.42 Å². The third-order valence-electron chi connectivity index (χ3n) is 5.91. The first kappa shape index (κ1) is 20.8. The molecule has 2 heterocycles. The molecule has 1 fully saturated rings. The Bertz CT molecular complexity index is 1400. The molecular formula is C24H26N4O3S. The number of hydrogen-bond donors (Lipinski definition) is 1. The highest BCUT2D eigenvalue weighted by molar-refractivity contribution is 7.92. The Kier molecular flexibility index (Phi) is 5.27. The molecule has 8 heteroatoms. The second-order valence-electron chi connectivity index (χ2n) is 8.22. The molecular weight excluding hydrogens is 424 g/mol. The van der Waals surface area contributed by atoms with Crippen LogP contribution in [0.25, 0.3) is 21.8 Å². The quantitative estimate of drug-likeness (QED) is 0.501. The molecule has 1 saturated heterocycles. The molecule has 1 aliphatic heterocycles. The van der Waals surface area contributed by atoms with E-state index in [1.165, 1.54) is 22.6 Å². The number of aryl methyl sites for hydroxylation is 1. The summed E-state index contributed by atoms with van der Waals surface area (Å²) in [6, 6.07) is 18.6. The van der Waals surface area contributed by atoms with Gasteiger partial charge in [-0.2, -0.15) is 0 Å². The summed E-state index contributed by atoms with van der Waals surface area (Å²) in [6.07, 6.45) is 1.17. The van der Waals surface area contributed by atoms with E-state index in [-0.39, 0.29) is 0 Å². The Balaban J connectivity index is 1.67. The van der Waals surface area contributed by atoms with Gasteiger partial charge in [-0.15, -0.1) is 0 Å². The Morgan fingerprint density at radius 1 is 1.06 bits per heavy atom.